The van der Waals surface area contributed by atoms with E-state index >= 15 is 0 Å². The van der Waals surface area contributed by atoms with Crippen LogP contribution in [0.2, 0.25) is 5.02 Å². The molecule has 1 aliphatic rings. The van der Waals surface area contributed by atoms with Gasteiger partial charge in [0.1, 0.15) is 11.6 Å². The maximum absolute atomic E-state index is 13.1. The third-order valence-corrected chi connectivity index (χ3v) is 6.47. The lowest BCUT2D eigenvalue weighted by Gasteiger charge is -2.24. The predicted octanol–water partition coefficient (Wildman–Crippen LogP) is 4.69. The van der Waals surface area contributed by atoms with E-state index in [1.807, 2.05) is 46.8 Å². The summed E-state index contributed by atoms with van der Waals surface area (Å²) >= 11 is 5.99. The van der Waals surface area contributed by atoms with E-state index in [4.69, 9.17) is 26.7 Å². The molecule has 1 saturated heterocycles. The fraction of sp³-hybridized carbons (Fsp3) is 0.308. The first-order chi connectivity index (χ1) is 16.5. The summed E-state index contributed by atoms with van der Waals surface area (Å²) < 4.78 is 1.91. The smallest absolute Gasteiger partial charge is 0.253 e. The van der Waals surface area contributed by atoms with Crippen molar-refractivity contribution in [3.63, 3.8) is 0 Å². The molecule has 7 nitrogen and oxygen atoms in total. The molecule has 4 aromatic rings. The van der Waals surface area contributed by atoms with Crippen molar-refractivity contribution < 1.29 is 4.79 Å². The highest BCUT2D eigenvalue weighted by molar-refractivity contribution is 6.30. The summed E-state index contributed by atoms with van der Waals surface area (Å²) in [5.74, 6) is 1.73. The maximum atomic E-state index is 13.1. The Morgan fingerprint density at radius 3 is 2.47 bits per heavy atom. The van der Waals surface area contributed by atoms with Gasteiger partial charge >= 0.3 is 0 Å². The molecule has 0 aliphatic carbocycles. The van der Waals surface area contributed by atoms with Gasteiger partial charge in [0.15, 0.2) is 5.65 Å². The highest BCUT2D eigenvalue weighted by atomic mass is 35.5. The Bertz CT molecular complexity index is 1320. The van der Waals surface area contributed by atoms with E-state index in [-0.39, 0.29) is 5.91 Å². The van der Waals surface area contributed by atoms with Crippen LogP contribution in [0.15, 0.2) is 54.6 Å². The highest BCUT2D eigenvalue weighted by Gasteiger charge is 2.25. The summed E-state index contributed by atoms with van der Waals surface area (Å²) in [5, 5.41) is 6.42. The van der Waals surface area contributed by atoms with Crippen LogP contribution < -0.4 is 4.90 Å². The predicted molar refractivity (Wildman–Crippen MR) is 135 cm³/mol. The van der Waals surface area contributed by atoms with Crippen LogP contribution in [0, 0.1) is 6.92 Å². The molecule has 2 aromatic heterocycles. The number of hydrogen-bond acceptors (Lipinski definition) is 5. The minimum Gasteiger partial charge on any atom is -0.354 e. The van der Waals surface area contributed by atoms with Crippen LogP contribution in [0.3, 0.4) is 0 Å². The first kappa shape index (κ1) is 22.3. The second kappa shape index (κ2) is 9.43. The van der Waals surface area contributed by atoms with Crippen molar-refractivity contribution >= 4 is 34.4 Å². The van der Waals surface area contributed by atoms with Gasteiger partial charge in [-0.2, -0.15) is 5.10 Å². The number of rotatable bonds is 4. The Morgan fingerprint density at radius 2 is 1.74 bits per heavy atom. The van der Waals surface area contributed by atoms with E-state index in [1.54, 1.807) is 24.3 Å². The van der Waals surface area contributed by atoms with Gasteiger partial charge in [-0.25, -0.2) is 14.6 Å². The topological polar surface area (TPSA) is 67.2 Å². The number of amides is 1. The van der Waals surface area contributed by atoms with Gasteiger partial charge in [-0.15, -0.1) is 0 Å². The van der Waals surface area contributed by atoms with E-state index in [9.17, 15) is 4.79 Å². The van der Waals surface area contributed by atoms with E-state index in [0.29, 0.717) is 30.2 Å². The van der Waals surface area contributed by atoms with Crippen molar-refractivity contribution in [3.05, 3.63) is 76.7 Å². The first-order valence-corrected chi connectivity index (χ1v) is 12.0. The van der Waals surface area contributed by atoms with Crippen LogP contribution in [-0.2, 0) is 6.42 Å². The third kappa shape index (κ3) is 4.23. The standard InChI is InChI=1S/C26H27ClN6O/c1-3-22-28-24(23-18(2)30-33(25(23)29-22)21-8-5-4-6-9-21)31-14-7-15-32(17-16-31)26(34)19-10-12-20(27)13-11-19/h4-6,8-13H,3,7,14-17H2,1-2H3. The van der Waals surface area contributed by atoms with Crippen molar-refractivity contribution in [2.24, 2.45) is 0 Å². The molecule has 0 spiro atoms. The summed E-state index contributed by atoms with van der Waals surface area (Å²) in [7, 11) is 0. The molecule has 1 aliphatic heterocycles. The van der Waals surface area contributed by atoms with Crippen molar-refractivity contribution in [3.8, 4) is 5.69 Å². The molecule has 0 atom stereocenters. The molecule has 1 fully saturated rings. The average Bonchev–Trinajstić information content (AvgIpc) is 3.04. The molecule has 5 rings (SSSR count). The largest absolute Gasteiger partial charge is 0.354 e. The Hall–Kier alpha value is -3.45. The molecule has 174 valence electrons. The zero-order chi connectivity index (χ0) is 23.7. The van der Waals surface area contributed by atoms with Gasteiger partial charge in [0.25, 0.3) is 5.91 Å². The molecular formula is C26H27ClN6O. The highest BCUT2D eigenvalue weighted by Crippen LogP contribution is 2.30. The molecule has 34 heavy (non-hydrogen) atoms. The molecule has 0 bridgehead atoms. The van der Waals surface area contributed by atoms with Crippen molar-refractivity contribution in [1.29, 1.82) is 0 Å². The van der Waals surface area contributed by atoms with E-state index < -0.39 is 0 Å². The van der Waals surface area contributed by atoms with Crippen LogP contribution in [0.1, 0.15) is 35.2 Å². The normalized spacial score (nSPS) is 14.4. The Balaban J connectivity index is 1.47. The second-order valence-electron chi connectivity index (χ2n) is 8.49. The summed E-state index contributed by atoms with van der Waals surface area (Å²) in [6, 6.07) is 17.2. The molecule has 1 amide bonds. The van der Waals surface area contributed by atoms with Crippen LogP contribution in [0.5, 0.6) is 0 Å². The van der Waals surface area contributed by atoms with Crippen LogP contribution >= 0.6 is 11.6 Å². The van der Waals surface area contributed by atoms with Gasteiger partial charge in [0.05, 0.1) is 16.8 Å². The third-order valence-electron chi connectivity index (χ3n) is 6.22. The van der Waals surface area contributed by atoms with E-state index in [2.05, 4.69) is 11.8 Å². The van der Waals surface area contributed by atoms with Crippen molar-refractivity contribution in [1.82, 2.24) is 24.6 Å². The number of nitrogens with zero attached hydrogens (tertiary/aromatic N) is 6. The fourth-order valence-corrected chi connectivity index (χ4v) is 4.58. The lowest BCUT2D eigenvalue weighted by Crippen LogP contribution is -2.35. The van der Waals surface area contributed by atoms with Crippen LogP contribution in [-0.4, -0.2) is 56.7 Å². The number of benzene rings is 2. The molecule has 0 unspecified atom stereocenters. The lowest BCUT2D eigenvalue weighted by molar-refractivity contribution is 0.0767. The van der Waals surface area contributed by atoms with Gasteiger partial charge in [0, 0.05) is 43.2 Å². The molecule has 0 radical (unpaired) electrons. The molecular weight excluding hydrogens is 448 g/mol. The second-order valence-corrected chi connectivity index (χ2v) is 8.92. The number of halogens is 1. The number of para-hydroxylation sites is 1. The SMILES string of the molecule is CCc1nc(N2CCCN(C(=O)c3ccc(Cl)cc3)CC2)c2c(C)nn(-c3ccccc3)c2n1. The number of carbonyl (C=O) groups is 1. The zero-order valence-electron chi connectivity index (χ0n) is 19.4. The van der Waals surface area contributed by atoms with Crippen molar-refractivity contribution in [2.45, 2.75) is 26.7 Å². The number of carbonyl (C=O) groups excluding carboxylic acids is 1. The fourth-order valence-electron chi connectivity index (χ4n) is 4.45. The van der Waals surface area contributed by atoms with Gasteiger partial charge < -0.3 is 9.80 Å². The molecule has 0 saturated carbocycles. The minimum absolute atomic E-state index is 0.0358. The van der Waals surface area contributed by atoms with Crippen LogP contribution in [0.25, 0.3) is 16.7 Å². The number of aromatic nitrogens is 4. The quantitative estimate of drug-likeness (QED) is 0.429. The molecule has 0 N–H and O–H groups in total. The van der Waals surface area contributed by atoms with Gasteiger partial charge in [-0.05, 0) is 49.7 Å². The Labute approximate surface area is 204 Å². The average molecular weight is 475 g/mol. The van der Waals surface area contributed by atoms with Crippen LogP contribution in [0.4, 0.5) is 5.82 Å². The first-order valence-electron chi connectivity index (χ1n) is 11.7. The molecule has 3 heterocycles. The zero-order valence-corrected chi connectivity index (χ0v) is 20.2. The summed E-state index contributed by atoms with van der Waals surface area (Å²) in [6.07, 6.45) is 1.59. The minimum atomic E-state index is 0.0358. The van der Waals surface area contributed by atoms with Crippen molar-refractivity contribution in [2.75, 3.05) is 31.1 Å². The van der Waals surface area contributed by atoms with E-state index in [0.717, 1.165) is 53.4 Å². The number of fused-ring (bicyclic) bond motifs is 1. The lowest BCUT2D eigenvalue weighted by atomic mass is 10.2. The van der Waals surface area contributed by atoms with Gasteiger partial charge in [-0.3, -0.25) is 4.79 Å². The molecule has 2 aromatic carbocycles. The van der Waals surface area contributed by atoms with Gasteiger partial charge in [-0.1, -0.05) is 36.7 Å². The number of anilines is 1. The summed E-state index contributed by atoms with van der Waals surface area (Å²) in [4.78, 5) is 27.0. The Kier molecular flexibility index (Phi) is 6.20. The van der Waals surface area contributed by atoms with Gasteiger partial charge in [0.2, 0.25) is 0 Å². The molecule has 8 heteroatoms. The number of aryl methyl sites for hydroxylation is 2. The summed E-state index contributed by atoms with van der Waals surface area (Å²) in [5.41, 5.74) is 3.36. The maximum Gasteiger partial charge on any atom is 0.253 e. The Morgan fingerprint density at radius 1 is 0.971 bits per heavy atom. The number of hydrogen-bond donors (Lipinski definition) is 0. The summed E-state index contributed by atoms with van der Waals surface area (Å²) in [6.45, 7) is 6.92. The monoisotopic (exact) mass is 474 g/mol. The van der Waals surface area contributed by atoms with E-state index in [1.165, 1.54) is 0 Å².